The van der Waals surface area contributed by atoms with Crippen molar-refractivity contribution in [2.24, 2.45) is 5.73 Å². The summed E-state index contributed by atoms with van der Waals surface area (Å²) in [6.45, 7) is 0. The van der Waals surface area contributed by atoms with Gasteiger partial charge in [0.25, 0.3) is 0 Å². The summed E-state index contributed by atoms with van der Waals surface area (Å²) in [5.41, 5.74) is 6.30. The van der Waals surface area contributed by atoms with Gasteiger partial charge in [-0.05, 0) is 12.0 Å². The number of hydrogen-bond acceptors (Lipinski definition) is 2. The van der Waals surface area contributed by atoms with Gasteiger partial charge in [-0.15, -0.1) is 0 Å². The van der Waals surface area contributed by atoms with Crippen LogP contribution in [0.2, 0.25) is 0 Å². The number of hydrogen-bond donors (Lipinski definition) is 2. The zero-order valence-electron chi connectivity index (χ0n) is 6.60. The number of carboxylic acids is 1. The lowest BCUT2D eigenvalue weighted by atomic mass is 10.1. The second-order valence-electron chi connectivity index (χ2n) is 2.63. The Labute approximate surface area is 93.1 Å². The molecule has 0 aliphatic carbocycles. The van der Waals surface area contributed by atoms with Crippen LogP contribution in [0.4, 0.5) is 0 Å². The number of rotatable bonds is 3. The molecule has 1 aromatic carbocycles. The third-order valence-corrected chi connectivity index (χ3v) is 1.62. The summed E-state index contributed by atoms with van der Waals surface area (Å²) in [4.78, 5) is 10.4. The van der Waals surface area contributed by atoms with E-state index >= 15 is 0 Å². The highest BCUT2D eigenvalue weighted by molar-refractivity contribution is 5.75. The standard InChI is InChI=1S/C9H11NO2.Mg.2H/c10-8(9(11)12)6-7-4-2-1-3-5-7;;;/h1-5,8H,6,10H2,(H,11,12);;;/t8-;;;/m0.../s1. The Hall–Kier alpha value is -0.584. The third kappa shape index (κ3) is 4.26. The van der Waals surface area contributed by atoms with E-state index in [4.69, 9.17) is 10.8 Å². The number of benzene rings is 1. The Balaban J connectivity index is 0.00000144. The second-order valence-corrected chi connectivity index (χ2v) is 2.63. The summed E-state index contributed by atoms with van der Waals surface area (Å²) in [6.07, 6.45) is 0.385. The predicted molar refractivity (Wildman–Crippen MR) is 54.3 cm³/mol. The molecule has 13 heavy (non-hydrogen) atoms. The molecule has 0 amide bonds. The third-order valence-electron chi connectivity index (χ3n) is 1.62. The molecule has 4 heteroatoms. The first-order valence-corrected chi connectivity index (χ1v) is 3.72. The first-order valence-electron chi connectivity index (χ1n) is 3.72. The summed E-state index contributed by atoms with van der Waals surface area (Å²) in [5, 5.41) is 8.52. The monoisotopic (exact) mass is 191 g/mol. The van der Waals surface area contributed by atoms with Crippen LogP contribution in [-0.4, -0.2) is 40.2 Å². The lowest BCUT2D eigenvalue weighted by Gasteiger charge is -2.04. The van der Waals surface area contributed by atoms with Gasteiger partial charge in [-0.2, -0.15) is 0 Å². The van der Waals surface area contributed by atoms with Gasteiger partial charge >= 0.3 is 29.0 Å². The van der Waals surface area contributed by atoms with Gasteiger partial charge in [-0.3, -0.25) is 4.79 Å². The first kappa shape index (κ1) is 12.4. The molecule has 0 saturated carbocycles. The molecule has 1 aromatic rings. The molecule has 68 valence electrons. The lowest BCUT2D eigenvalue weighted by molar-refractivity contribution is -0.138. The highest BCUT2D eigenvalue weighted by Crippen LogP contribution is 2.01. The lowest BCUT2D eigenvalue weighted by Crippen LogP contribution is -2.32. The first-order chi connectivity index (χ1) is 5.70. The molecule has 3 nitrogen and oxygen atoms in total. The Morgan fingerprint density at radius 3 is 2.38 bits per heavy atom. The van der Waals surface area contributed by atoms with Crippen molar-refractivity contribution in [3.8, 4) is 0 Å². The van der Waals surface area contributed by atoms with Gasteiger partial charge < -0.3 is 10.8 Å². The molecule has 3 N–H and O–H groups in total. The minimum atomic E-state index is -0.959. The highest BCUT2D eigenvalue weighted by Gasteiger charge is 2.10. The average molecular weight is 192 g/mol. The Morgan fingerprint density at radius 2 is 1.92 bits per heavy atom. The van der Waals surface area contributed by atoms with E-state index in [1.165, 1.54) is 0 Å². The van der Waals surface area contributed by atoms with Crippen LogP contribution in [-0.2, 0) is 11.2 Å². The van der Waals surface area contributed by atoms with E-state index in [-0.39, 0.29) is 23.1 Å². The average Bonchev–Trinajstić information content (AvgIpc) is 2.06. The maximum atomic E-state index is 10.4. The summed E-state index contributed by atoms with van der Waals surface area (Å²) in [6, 6.07) is 8.54. The van der Waals surface area contributed by atoms with Gasteiger partial charge in [0.1, 0.15) is 6.04 Å². The SMILES string of the molecule is N[C@@H](Cc1ccccc1)C(=O)O.[MgH2]. The van der Waals surface area contributed by atoms with E-state index in [0.29, 0.717) is 6.42 Å². The van der Waals surface area contributed by atoms with E-state index < -0.39 is 12.0 Å². The molecule has 0 radical (unpaired) electrons. The molecule has 0 aliphatic rings. The van der Waals surface area contributed by atoms with Crippen molar-refractivity contribution in [3.63, 3.8) is 0 Å². The van der Waals surface area contributed by atoms with Crippen LogP contribution in [0.3, 0.4) is 0 Å². The van der Waals surface area contributed by atoms with Crippen LogP contribution in [0, 0.1) is 0 Å². The Kier molecular flexibility index (Phi) is 5.69. The molecular formula is C9H13MgNO2. The van der Waals surface area contributed by atoms with Crippen molar-refractivity contribution in [1.29, 1.82) is 0 Å². The molecule has 0 fully saturated rings. The van der Waals surface area contributed by atoms with E-state index in [0.717, 1.165) is 5.56 Å². The minimum absolute atomic E-state index is 0. The number of carboxylic acid groups (broad SMARTS) is 1. The zero-order valence-corrected chi connectivity index (χ0v) is 6.60. The van der Waals surface area contributed by atoms with Crippen LogP contribution < -0.4 is 5.73 Å². The van der Waals surface area contributed by atoms with Crippen molar-refractivity contribution in [2.75, 3.05) is 0 Å². The van der Waals surface area contributed by atoms with Crippen molar-refractivity contribution in [3.05, 3.63) is 35.9 Å². The molecular weight excluding hydrogens is 178 g/mol. The molecule has 0 aromatic heterocycles. The van der Waals surface area contributed by atoms with Crippen molar-refractivity contribution in [1.82, 2.24) is 0 Å². The van der Waals surface area contributed by atoms with E-state index in [1.54, 1.807) is 0 Å². The smallest absolute Gasteiger partial charge is 0.320 e. The maximum Gasteiger partial charge on any atom is 0.320 e. The number of carbonyl (C=O) groups is 1. The predicted octanol–water partition coefficient (Wildman–Crippen LogP) is -0.275. The summed E-state index contributed by atoms with van der Waals surface area (Å²) in [7, 11) is 0. The fourth-order valence-corrected chi connectivity index (χ4v) is 0.955. The van der Waals surface area contributed by atoms with Crippen molar-refractivity contribution in [2.45, 2.75) is 12.5 Å². The van der Waals surface area contributed by atoms with Gasteiger partial charge in [-0.25, -0.2) is 0 Å². The van der Waals surface area contributed by atoms with Gasteiger partial charge in [0.05, 0.1) is 0 Å². The molecule has 0 unspecified atom stereocenters. The fourth-order valence-electron chi connectivity index (χ4n) is 0.955. The van der Waals surface area contributed by atoms with Crippen molar-refractivity contribution >= 4 is 29.0 Å². The molecule has 1 rings (SSSR count). The second kappa shape index (κ2) is 5.96. The molecule has 0 saturated heterocycles. The quantitative estimate of drug-likeness (QED) is 0.647. The molecule has 0 heterocycles. The van der Waals surface area contributed by atoms with E-state index in [2.05, 4.69) is 0 Å². The normalized spacial score (nSPS) is 11.5. The maximum absolute atomic E-state index is 10.4. The number of nitrogens with two attached hydrogens (primary N) is 1. The molecule has 0 aliphatic heterocycles. The van der Waals surface area contributed by atoms with Crippen LogP contribution in [0.15, 0.2) is 30.3 Å². The van der Waals surface area contributed by atoms with Crippen molar-refractivity contribution < 1.29 is 9.90 Å². The topological polar surface area (TPSA) is 63.3 Å². The van der Waals surface area contributed by atoms with Gasteiger partial charge in [0, 0.05) is 0 Å². The molecule has 0 spiro atoms. The van der Waals surface area contributed by atoms with E-state index in [1.807, 2.05) is 30.3 Å². The summed E-state index contributed by atoms with van der Waals surface area (Å²) >= 11 is 0. The fraction of sp³-hybridized carbons (Fsp3) is 0.222. The van der Waals surface area contributed by atoms with Gasteiger partial charge in [0.2, 0.25) is 0 Å². The van der Waals surface area contributed by atoms with Crippen LogP contribution >= 0.6 is 0 Å². The van der Waals surface area contributed by atoms with Gasteiger partial charge in [-0.1, -0.05) is 30.3 Å². The van der Waals surface area contributed by atoms with Crippen LogP contribution in [0.1, 0.15) is 5.56 Å². The van der Waals surface area contributed by atoms with E-state index in [9.17, 15) is 4.79 Å². The van der Waals surface area contributed by atoms with Crippen LogP contribution in [0.25, 0.3) is 0 Å². The number of aliphatic carboxylic acids is 1. The summed E-state index contributed by atoms with van der Waals surface area (Å²) < 4.78 is 0. The molecule has 1 atom stereocenters. The van der Waals surface area contributed by atoms with Gasteiger partial charge in [0.15, 0.2) is 0 Å². The largest absolute Gasteiger partial charge is 0.480 e. The summed E-state index contributed by atoms with van der Waals surface area (Å²) in [5.74, 6) is -0.959. The van der Waals surface area contributed by atoms with Crippen LogP contribution in [0.5, 0.6) is 0 Å². The Bertz CT molecular complexity index is 264. The minimum Gasteiger partial charge on any atom is -0.480 e. The zero-order chi connectivity index (χ0) is 8.97. The highest BCUT2D eigenvalue weighted by atomic mass is 24.3. The molecule has 0 bridgehead atoms. The Morgan fingerprint density at radius 1 is 1.38 bits per heavy atom.